The van der Waals surface area contributed by atoms with Crippen molar-refractivity contribution in [1.29, 1.82) is 0 Å². The van der Waals surface area contributed by atoms with E-state index < -0.39 is 133 Å². The molecule has 4 unspecified atom stereocenters. The molecule has 0 radical (unpaired) electrons. The van der Waals surface area contributed by atoms with Gasteiger partial charge in [-0.05, 0) is 112 Å². The van der Waals surface area contributed by atoms with Crippen molar-refractivity contribution in [2.24, 2.45) is 10.1 Å². The molecule has 1 saturated heterocycles. The molecular weight excluding hydrogens is 1600 g/mol. The molecule has 46 heteroatoms. The Bertz CT molecular complexity index is 5420. The Morgan fingerprint density at radius 2 is 1.59 bits per heavy atom. The number of phosphoric acid groups is 3. The van der Waals surface area contributed by atoms with Crippen LogP contribution >= 0.6 is 45.1 Å². The summed E-state index contributed by atoms with van der Waals surface area (Å²) in [5.74, 6) is 0.897. The lowest BCUT2D eigenvalue weighted by atomic mass is 9.84. The Morgan fingerprint density at radius 3 is 2.26 bits per heavy atom. The van der Waals surface area contributed by atoms with Gasteiger partial charge < -0.3 is 98.3 Å². The molecule has 8 N–H and O–H groups in total. The van der Waals surface area contributed by atoms with E-state index in [0.717, 1.165) is 0 Å². The van der Waals surface area contributed by atoms with Crippen LogP contribution in [0, 0.1) is 11.8 Å². The minimum Gasteiger partial charge on any atom is -0.756 e. The van der Waals surface area contributed by atoms with Gasteiger partial charge in [0.2, 0.25) is 5.91 Å². The van der Waals surface area contributed by atoms with Gasteiger partial charge in [-0.25, -0.2) is 40.2 Å². The minimum absolute atomic E-state index is 0.00434. The first kappa shape index (κ1) is 84.8. The molecule has 111 heavy (non-hydrogen) atoms. The number of ether oxygens (including phenoxy) is 6. The molecule has 0 spiro atoms. The summed E-state index contributed by atoms with van der Waals surface area (Å²) >= 11 is 0. The van der Waals surface area contributed by atoms with Crippen LogP contribution in [0.2, 0.25) is 0 Å². The SMILES string of the molecule is CSS[C@H](C)O[C@@H]1C[C@H](n2cc(C#CCNC(=O)COCCOC(COc3cccc(C(=O)NCCNC(=O)c4ccc(C(=O)O)c(C5=c6cc7c(cc6Oc6cc8c(cc65)C(CS(=O)(=O)[O-])=CC(C)(C)N8)=NC(C)(C)C=C7CS(=O)(=O)[O-])c4)c3)N=[N+]=[N-])c3c(N)ncnc32)O[C@@H]1COP(=O)([O-])OP(=O)([O-])OP(=O)([O-])O. The molecule has 4 aromatic carbocycles. The predicted molar refractivity (Wildman–Crippen MR) is 391 cm³/mol. The number of azide groups is 1. The number of nitrogen functional groups attached to an aromatic ring is 1. The molecule has 1 fully saturated rings. The van der Waals surface area contributed by atoms with Gasteiger partial charge in [-0.3, -0.25) is 33.1 Å². The summed E-state index contributed by atoms with van der Waals surface area (Å²) in [7, 11) is -25.1. The summed E-state index contributed by atoms with van der Waals surface area (Å²) in [6.45, 7) is 6.04. The van der Waals surface area contributed by atoms with E-state index in [1.165, 1.54) is 105 Å². The maximum Gasteiger partial charge on any atom is 0.336 e. The monoisotopic (exact) mass is 1670 g/mol. The summed E-state index contributed by atoms with van der Waals surface area (Å²) in [5.41, 5.74) is 14.7. The van der Waals surface area contributed by atoms with Gasteiger partial charge in [0.25, 0.3) is 35.3 Å². The molecule has 0 saturated carbocycles. The predicted octanol–water partition coefficient (Wildman–Crippen LogP) is 3.39. The summed E-state index contributed by atoms with van der Waals surface area (Å²) in [5, 5.41) is 26.3. The molecule has 594 valence electrons. The molecule has 0 bridgehead atoms. The Morgan fingerprint density at radius 1 is 0.883 bits per heavy atom. The molecule has 6 aromatic rings. The summed E-state index contributed by atoms with van der Waals surface area (Å²) in [6.07, 6.45) is 3.21. The van der Waals surface area contributed by atoms with Crippen LogP contribution in [0.25, 0.3) is 38.2 Å². The number of nitrogens with two attached hydrogens (primary N) is 1. The van der Waals surface area contributed by atoms with Crippen molar-refractivity contribution in [2.75, 3.05) is 81.5 Å². The Labute approximate surface area is 640 Å². The van der Waals surface area contributed by atoms with Crippen LogP contribution < -0.4 is 61.7 Å². The quantitative estimate of drug-likeness (QED) is 0.00350. The summed E-state index contributed by atoms with van der Waals surface area (Å²) in [6, 6.07) is 15.7. The van der Waals surface area contributed by atoms with Crippen LogP contribution in [-0.4, -0.2) is 180 Å². The molecule has 10 rings (SSSR count). The summed E-state index contributed by atoms with van der Waals surface area (Å²) < 4.78 is 158. The van der Waals surface area contributed by atoms with Gasteiger partial charge in [0.15, 0.2) is 6.23 Å². The second kappa shape index (κ2) is 34.8. The number of rotatable bonds is 34. The van der Waals surface area contributed by atoms with Gasteiger partial charge in [-0.1, -0.05) is 56.8 Å². The lowest BCUT2D eigenvalue weighted by Gasteiger charge is -2.34. The number of phosphoric ester groups is 1. The van der Waals surface area contributed by atoms with Crippen molar-refractivity contribution >= 4 is 128 Å². The maximum absolute atomic E-state index is 14.1. The average Bonchev–Trinajstić information content (AvgIpc) is 1.04. The Balaban J connectivity index is 0.727. The van der Waals surface area contributed by atoms with Crippen LogP contribution in [0.15, 0.2) is 102 Å². The lowest BCUT2D eigenvalue weighted by molar-refractivity contribution is -0.250. The van der Waals surface area contributed by atoms with E-state index in [9.17, 15) is 84.1 Å². The topological polar surface area (TPSA) is 593 Å². The second-order valence-corrected chi connectivity index (χ2v) is 35.6. The minimum atomic E-state index is -6.19. The molecule has 8 atom stereocenters. The molecule has 3 amide bonds. The number of carboxylic acid groups (broad SMARTS) is 1. The highest BCUT2D eigenvalue weighted by Crippen LogP contribution is 2.61. The number of amides is 3. The number of hydrogen-bond acceptors (Lipinski definition) is 33. The molecule has 6 heterocycles. The molecule has 39 nitrogen and oxygen atoms in total. The number of benzene rings is 4. The highest BCUT2D eigenvalue weighted by atomic mass is 33.1. The largest absolute Gasteiger partial charge is 0.756 e. The zero-order valence-corrected chi connectivity index (χ0v) is 65.1. The van der Waals surface area contributed by atoms with Crippen molar-refractivity contribution in [2.45, 2.75) is 82.2 Å². The highest BCUT2D eigenvalue weighted by molar-refractivity contribution is 8.76. The number of nitrogens with one attached hydrogen (secondary N) is 4. The lowest BCUT2D eigenvalue weighted by Crippen LogP contribution is -2.35. The van der Waals surface area contributed by atoms with E-state index in [0.29, 0.717) is 5.69 Å². The van der Waals surface area contributed by atoms with Gasteiger partial charge in [0, 0.05) is 87.0 Å². The maximum atomic E-state index is 14.1. The number of hydrogen-bond donors (Lipinski definition) is 7. The summed E-state index contributed by atoms with van der Waals surface area (Å²) in [4.78, 5) is 113. The van der Waals surface area contributed by atoms with Gasteiger partial charge in [-0.15, -0.1) is 0 Å². The first-order chi connectivity index (χ1) is 52.0. The molecular formula is C65H68N12O27P3S4-5. The third-order valence-electron chi connectivity index (χ3n) is 16.3. The van der Waals surface area contributed by atoms with Crippen LogP contribution in [-0.2, 0) is 70.8 Å². The van der Waals surface area contributed by atoms with Crippen molar-refractivity contribution < 1.29 is 125 Å². The standard InChI is InChI=1S/C65H73N12O27P3S4/c1-35(109-108-6)100-52-25-56(102-53(52)29-99-106(86,87)104-107(88,89)103-105(83,84)85)77-28-38(57-59(66)71-34-72-60(57)77)10-8-14-68-54(78)30-96-17-18-97-55(75-76-67)31-98-41-11-7-9-36(19-41)61(79)69-15-16-70-62(80)37-12-13-42(63(81)82)45(20-37)58-46-21-43-39(32-110(90,91)92)26-64(2,3)73-48(43)23-50(46)101-51-24-49-44(22-47(51)58)40(33-111(93,94)95)27-65(4,5)74-49/h7,9,11-13,19-24,26-28,34-35,52-53,55-56,73H,14-18,25,29-33H2,1-6H3,(H,68,78)(H,69,79)(H,70,80)(H,81,82)(H,86,87)(H,88,89)(H2,66,71,72)(H2,83,84,85)(H,90,91,92)(H,93,94,95)/p-5/t35-,52-,53-,55?,56-/m1/s1. The van der Waals surface area contributed by atoms with Crippen LogP contribution in [0.1, 0.15) is 106 Å². The van der Waals surface area contributed by atoms with E-state index in [1.54, 1.807) is 53.0 Å². The fraction of sp³-hybridized carbons (Fsp3) is 0.369. The molecule has 0 aliphatic carbocycles. The zero-order chi connectivity index (χ0) is 80.8. The van der Waals surface area contributed by atoms with Crippen molar-refractivity contribution in [3.63, 3.8) is 0 Å². The number of aromatic nitrogens is 3. The number of anilines is 2. The molecule has 4 aliphatic heterocycles. The number of carbonyl (C=O) groups is 4. The van der Waals surface area contributed by atoms with E-state index in [2.05, 4.69) is 61.7 Å². The van der Waals surface area contributed by atoms with Crippen LogP contribution in [0.4, 0.5) is 11.5 Å². The fourth-order valence-electron chi connectivity index (χ4n) is 12.2. The van der Waals surface area contributed by atoms with E-state index >= 15 is 0 Å². The van der Waals surface area contributed by atoms with Crippen molar-refractivity contribution in [3.8, 4) is 29.1 Å². The van der Waals surface area contributed by atoms with Crippen LogP contribution in [0.3, 0.4) is 0 Å². The van der Waals surface area contributed by atoms with E-state index in [1.807, 2.05) is 0 Å². The van der Waals surface area contributed by atoms with Crippen molar-refractivity contribution in [1.82, 2.24) is 30.5 Å². The van der Waals surface area contributed by atoms with Gasteiger partial charge >= 0.3 is 5.97 Å². The molecule has 4 aliphatic rings. The van der Waals surface area contributed by atoms with Gasteiger partial charge in [0.1, 0.15) is 66.0 Å². The van der Waals surface area contributed by atoms with Gasteiger partial charge in [-0.2, -0.15) is 0 Å². The van der Waals surface area contributed by atoms with E-state index in [-0.39, 0.29) is 152 Å². The first-order valence-corrected chi connectivity index (χ1v) is 43.0. The number of aromatic carboxylic acids is 1. The average molecular weight is 1670 g/mol. The van der Waals surface area contributed by atoms with Crippen molar-refractivity contribution in [3.05, 3.63) is 157 Å². The van der Waals surface area contributed by atoms with E-state index in [4.69, 9.17) is 48.6 Å². The van der Waals surface area contributed by atoms with Crippen LogP contribution in [0.5, 0.6) is 17.2 Å². The number of nitrogens with zero attached hydrogens (tertiary/aromatic N) is 7. The molecule has 2 aromatic heterocycles. The second-order valence-electron chi connectivity index (χ2n) is 25.8. The number of carbonyl (C=O) groups excluding carboxylic acids is 3. The number of fused-ring (bicyclic) bond motifs is 5. The number of carboxylic acids is 1. The smallest absolute Gasteiger partial charge is 0.336 e. The zero-order valence-electron chi connectivity index (χ0n) is 59.1. The normalized spacial score (nSPS) is 18.8. The third-order valence-corrected chi connectivity index (χ3v) is 23.3. The highest BCUT2D eigenvalue weighted by Gasteiger charge is 2.41. The third kappa shape index (κ3) is 22.8. The fourth-order valence-corrected chi connectivity index (χ4v) is 17.8. The first-order valence-electron chi connectivity index (χ1n) is 32.8. The Hall–Kier alpha value is -8.63. The Kier molecular flexibility index (Phi) is 26.6. The van der Waals surface area contributed by atoms with Gasteiger partial charge in [0.05, 0.1) is 97.2 Å².